The largest absolute Gasteiger partial charge is 0.692 e. The molecule has 0 amide bonds. The molecule has 0 fully saturated rings. The van der Waals surface area contributed by atoms with Crippen LogP contribution in [-0.2, 0) is 0 Å². The van der Waals surface area contributed by atoms with Gasteiger partial charge in [-0.2, -0.15) is 0 Å². The van der Waals surface area contributed by atoms with E-state index >= 15 is 0 Å². The second-order valence-corrected chi connectivity index (χ2v) is 38.4. The second-order valence-electron chi connectivity index (χ2n) is 21.1. The van der Waals surface area contributed by atoms with Crippen molar-refractivity contribution in [2.75, 3.05) is 22.7 Å². The summed E-state index contributed by atoms with van der Waals surface area (Å²) in [4.78, 5) is 5.09. The first kappa shape index (κ1) is 58.8. The average Bonchev–Trinajstić information content (AvgIpc) is 3.78. The first-order valence-corrected chi connectivity index (χ1v) is 31.9. The molecule has 0 unspecified atom stereocenters. The minimum Gasteiger partial charge on any atom is -0.334 e. The second kappa shape index (κ2) is 24.1. The van der Waals surface area contributed by atoms with E-state index in [4.69, 9.17) is 0 Å². The lowest BCUT2D eigenvalue weighted by atomic mass is 9.88. The van der Waals surface area contributed by atoms with E-state index in [1.807, 2.05) is 0 Å². The van der Waals surface area contributed by atoms with Crippen LogP contribution in [0.15, 0.2) is 72.8 Å². The van der Waals surface area contributed by atoms with Gasteiger partial charge < -0.3 is 104 Å². The molecule has 4 aromatic carbocycles. The highest BCUT2D eigenvalue weighted by Gasteiger charge is 2.53. The molecule has 0 saturated carbocycles. The molecule has 4 nitrogen and oxygen atoms in total. The van der Waals surface area contributed by atoms with Crippen molar-refractivity contribution in [2.24, 2.45) is 0 Å². The summed E-state index contributed by atoms with van der Waals surface area (Å²) in [5.41, 5.74) is 19.0. The molecule has 0 aliphatic carbocycles. The quantitative estimate of drug-likeness (QED) is 0.117. The van der Waals surface area contributed by atoms with Crippen LogP contribution in [0.25, 0.3) is 0 Å². The van der Waals surface area contributed by atoms with Gasteiger partial charge in [-0.15, -0.1) is 0 Å². The fourth-order valence-corrected chi connectivity index (χ4v) is 13.7. The summed E-state index contributed by atoms with van der Waals surface area (Å²) in [5, 5.41) is 0. The predicted octanol–water partition coefficient (Wildman–Crippen LogP) is 19.7. The van der Waals surface area contributed by atoms with E-state index in [9.17, 15) is 0 Å². The highest BCUT2D eigenvalue weighted by Crippen LogP contribution is 2.47. The molecular weight excluding hydrogens is 1360 g/mol. The van der Waals surface area contributed by atoms with Crippen molar-refractivity contribution >= 4 is 177 Å². The molecule has 16 heteroatoms. The lowest BCUT2D eigenvalue weighted by Gasteiger charge is -2.28. The van der Waals surface area contributed by atoms with E-state index in [2.05, 4.69) is 328 Å². The standard InChI is InChI=1S/2C26H36B2Br4N2/c2*1-16(2)20-11-9-12-21(17(3)4)25(20)33-15-24(28(30,31)32)34(27(33)29)26-22(18(5)6)13-10-14-23(26)19(7)8/h2*9-14,16-19H,15H2,1-8H3. The van der Waals surface area contributed by atoms with Gasteiger partial charge in [-0.05, 0) is 101 Å². The van der Waals surface area contributed by atoms with Gasteiger partial charge in [0.15, 0.2) is 11.4 Å². The number of nitrogens with zero attached hydrogens (tertiary/aromatic N) is 4. The Morgan fingerprint density at radius 2 is 0.559 bits per heavy atom. The molecule has 0 bridgehead atoms. The predicted molar refractivity (Wildman–Crippen MR) is 337 cm³/mol. The fraction of sp³-hybridized carbons (Fsp3) is 0.500. The molecule has 0 aromatic heterocycles. The molecule has 6 rings (SSSR count). The summed E-state index contributed by atoms with van der Waals surface area (Å²) in [6, 6.07) is 27.2. The van der Waals surface area contributed by atoms with Crippen molar-refractivity contribution in [2.45, 2.75) is 158 Å². The molecule has 368 valence electrons. The maximum Gasteiger partial charge on any atom is 0.692 e. The van der Waals surface area contributed by atoms with Crippen LogP contribution in [0.3, 0.4) is 0 Å². The summed E-state index contributed by atoms with van der Waals surface area (Å²) >= 11 is 32.1. The highest BCUT2D eigenvalue weighted by atomic mass is 80.0. The Hall–Kier alpha value is -0.0803. The van der Waals surface area contributed by atoms with Crippen LogP contribution >= 0.6 is 126 Å². The Labute approximate surface area is 478 Å². The molecule has 2 aliphatic rings. The molecular formula is C52H72B4Br8N4. The van der Waals surface area contributed by atoms with Gasteiger partial charge in [-0.25, -0.2) is 0 Å². The number of anilines is 2. The summed E-state index contributed by atoms with van der Waals surface area (Å²) in [6.07, 6.45) is 0. The first-order valence-electron chi connectivity index (χ1n) is 24.6. The molecule has 0 spiro atoms. The van der Waals surface area contributed by atoms with Gasteiger partial charge in [-0.1, -0.05) is 184 Å². The molecule has 2 aliphatic heterocycles. The summed E-state index contributed by atoms with van der Waals surface area (Å²) in [6.45, 7) is 38.3. The van der Waals surface area contributed by atoms with E-state index in [-0.39, 0.29) is 11.6 Å². The zero-order chi connectivity index (χ0) is 51.1. The van der Waals surface area contributed by atoms with Crippen LogP contribution in [0.1, 0.15) is 203 Å². The number of rotatable bonds is 14. The minimum atomic E-state index is -1.27. The highest BCUT2D eigenvalue weighted by molar-refractivity contribution is 9.73. The van der Waals surface area contributed by atoms with Crippen LogP contribution in [0.4, 0.5) is 22.7 Å². The van der Waals surface area contributed by atoms with Crippen LogP contribution in [-0.4, -0.2) is 50.1 Å². The van der Waals surface area contributed by atoms with Crippen LogP contribution in [0.2, 0.25) is 0 Å². The normalized spacial score (nSPS) is 15.2. The van der Waals surface area contributed by atoms with Crippen molar-refractivity contribution in [1.29, 1.82) is 0 Å². The van der Waals surface area contributed by atoms with Gasteiger partial charge in [0.2, 0.25) is 0 Å². The Morgan fingerprint density at radius 3 is 0.735 bits per heavy atom. The SMILES string of the molecule is CC(C)c1cccc(C(C)C)c1N1CC([B-](Br)(Br)Br)=[N+](c2c(C(C)C)cccc2C(C)C)B1Br.CC(C)c1cccc(C(C)C)c1N1CC([B-](Br)(Br)Br)=[N+](c2c(C(C)C)cccc2C(C)C)B1Br. The number of hydrogen-bond donors (Lipinski definition) is 0. The van der Waals surface area contributed by atoms with Gasteiger partial charge in [0, 0.05) is 44.9 Å². The lowest BCUT2D eigenvalue weighted by molar-refractivity contribution is -0.275. The summed E-state index contributed by atoms with van der Waals surface area (Å²) < 4.78 is 2.50. The summed E-state index contributed by atoms with van der Waals surface area (Å²) in [5.74, 6) is 3.40. The third-order valence-electron chi connectivity index (χ3n) is 13.4. The minimum absolute atomic E-state index is 0.00815. The number of halogens is 8. The van der Waals surface area contributed by atoms with Gasteiger partial charge in [0.25, 0.3) is 5.24 Å². The molecule has 0 saturated heterocycles. The van der Waals surface area contributed by atoms with Crippen molar-refractivity contribution in [1.82, 2.24) is 0 Å². The van der Waals surface area contributed by atoms with Gasteiger partial charge in [0.1, 0.15) is 0 Å². The average molecular weight is 1440 g/mol. The smallest absolute Gasteiger partial charge is 0.334 e. The van der Waals surface area contributed by atoms with Crippen molar-refractivity contribution in [3.63, 3.8) is 0 Å². The molecule has 0 atom stereocenters. The van der Waals surface area contributed by atoms with Gasteiger partial charge in [0.05, 0.1) is 13.1 Å². The van der Waals surface area contributed by atoms with Crippen molar-refractivity contribution in [3.05, 3.63) is 117 Å². The van der Waals surface area contributed by atoms with Crippen LogP contribution < -0.4 is 9.62 Å². The van der Waals surface area contributed by atoms with Crippen molar-refractivity contribution < 1.29 is 8.97 Å². The van der Waals surface area contributed by atoms with Crippen LogP contribution in [0.5, 0.6) is 0 Å². The molecule has 0 radical (unpaired) electrons. The van der Waals surface area contributed by atoms with E-state index in [0.29, 0.717) is 47.3 Å². The van der Waals surface area contributed by atoms with E-state index in [1.54, 1.807) is 0 Å². The third kappa shape index (κ3) is 12.7. The first-order chi connectivity index (χ1) is 31.5. The Balaban J connectivity index is 0.000000254. The Morgan fingerprint density at radius 1 is 0.368 bits per heavy atom. The maximum atomic E-state index is 4.19. The zero-order valence-electron chi connectivity index (χ0n) is 43.1. The third-order valence-corrected chi connectivity index (χ3v) is 18.4. The van der Waals surface area contributed by atoms with E-state index in [1.165, 1.54) is 78.5 Å². The number of benzene rings is 4. The molecule has 2 heterocycles. The Kier molecular flexibility index (Phi) is 20.8. The topological polar surface area (TPSA) is 12.5 Å². The van der Waals surface area contributed by atoms with E-state index in [0.717, 1.165) is 13.1 Å². The monoisotopic (exact) mass is 1430 g/mol. The lowest BCUT2D eigenvalue weighted by Crippen LogP contribution is -2.37. The fourth-order valence-electron chi connectivity index (χ4n) is 9.87. The molecule has 68 heavy (non-hydrogen) atoms. The molecule has 0 N–H and O–H groups in total. The van der Waals surface area contributed by atoms with Crippen LogP contribution in [0, 0.1) is 0 Å². The summed E-state index contributed by atoms with van der Waals surface area (Å²) in [7, 11) is 0. The Bertz CT molecular complexity index is 2220. The van der Waals surface area contributed by atoms with Gasteiger partial charge >= 0.3 is 11.6 Å². The molecule has 4 aromatic rings. The maximum absolute atomic E-state index is 4.19. The van der Waals surface area contributed by atoms with E-state index < -0.39 is 5.24 Å². The van der Waals surface area contributed by atoms with Crippen molar-refractivity contribution in [3.8, 4) is 0 Å². The van der Waals surface area contributed by atoms with Gasteiger partial charge in [-0.3, -0.25) is 8.97 Å². The number of hydrogen-bond acceptors (Lipinski definition) is 2. The zero-order valence-corrected chi connectivity index (χ0v) is 55.8. The number of para-hydroxylation sites is 4.